The van der Waals surface area contributed by atoms with Gasteiger partial charge in [0.1, 0.15) is 11.4 Å². The van der Waals surface area contributed by atoms with Gasteiger partial charge < -0.3 is 26.0 Å². The fraction of sp³-hybridized carbons (Fsp3) is 0.667. The van der Waals surface area contributed by atoms with Crippen LogP contribution in [-0.4, -0.2) is 40.6 Å². The first-order valence-electron chi connectivity index (χ1n) is 8.74. The van der Waals surface area contributed by atoms with E-state index in [0.29, 0.717) is 12.2 Å². The normalized spacial score (nSPS) is 13.6. The molecular weight excluding hydrogens is 292 g/mol. The van der Waals surface area contributed by atoms with Gasteiger partial charge in [-0.3, -0.25) is 0 Å². The SMILES string of the molecule is CCC(O)CCCNc1cccc(O)c1NCCCC(O)CC. The molecule has 0 radical (unpaired) electrons. The van der Waals surface area contributed by atoms with Gasteiger partial charge in [-0.1, -0.05) is 19.9 Å². The molecule has 0 amide bonds. The number of anilines is 2. The van der Waals surface area contributed by atoms with Gasteiger partial charge in [0.25, 0.3) is 0 Å². The highest BCUT2D eigenvalue weighted by Gasteiger charge is 2.08. The summed E-state index contributed by atoms with van der Waals surface area (Å²) in [6, 6.07) is 5.40. The van der Waals surface area contributed by atoms with Crippen molar-refractivity contribution in [1.82, 2.24) is 0 Å². The molecule has 0 aliphatic rings. The first-order valence-corrected chi connectivity index (χ1v) is 8.74. The molecule has 0 bridgehead atoms. The van der Waals surface area contributed by atoms with Crippen LogP contribution < -0.4 is 10.6 Å². The number of aliphatic hydroxyl groups is 2. The molecule has 0 heterocycles. The van der Waals surface area contributed by atoms with E-state index in [-0.39, 0.29) is 18.0 Å². The van der Waals surface area contributed by atoms with E-state index < -0.39 is 0 Å². The lowest BCUT2D eigenvalue weighted by molar-refractivity contribution is 0.158. The third kappa shape index (κ3) is 7.57. The summed E-state index contributed by atoms with van der Waals surface area (Å²) < 4.78 is 0. The van der Waals surface area contributed by atoms with E-state index in [1.165, 1.54) is 0 Å². The molecule has 0 aromatic heterocycles. The zero-order chi connectivity index (χ0) is 17.1. The minimum Gasteiger partial charge on any atom is -0.506 e. The Bertz CT molecular complexity index is 440. The molecule has 0 aliphatic carbocycles. The van der Waals surface area contributed by atoms with Gasteiger partial charge in [-0.05, 0) is 50.7 Å². The van der Waals surface area contributed by atoms with Gasteiger partial charge in [0.2, 0.25) is 0 Å². The Labute approximate surface area is 139 Å². The van der Waals surface area contributed by atoms with Crippen molar-refractivity contribution in [3.05, 3.63) is 18.2 Å². The van der Waals surface area contributed by atoms with E-state index in [0.717, 1.165) is 50.8 Å². The molecule has 0 fully saturated rings. The van der Waals surface area contributed by atoms with Crippen LogP contribution in [0.2, 0.25) is 0 Å². The average Bonchev–Trinajstić information content (AvgIpc) is 2.56. The molecule has 0 saturated heterocycles. The van der Waals surface area contributed by atoms with Crippen LogP contribution >= 0.6 is 0 Å². The van der Waals surface area contributed by atoms with Crippen LogP contribution in [0.5, 0.6) is 5.75 Å². The van der Waals surface area contributed by atoms with Gasteiger partial charge >= 0.3 is 0 Å². The van der Waals surface area contributed by atoms with E-state index in [4.69, 9.17) is 0 Å². The smallest absolute Gasteiger partial charge is 0.140 e. The second kappa shape index (κ2) is 11.1. The number of phenolic OH excluding ortho intramolecular Hbond substituents is 1. The first-order chi connectivity index (χ1) is 11.1. The lowest BCUT2D eigenvalue weighted by Gasteiger charge is -2.16. The Kier molecular flexibility index (Phi) is 9.48. The lowest BCUT2D eigenvalue weighted by atomic mass is 10.1. The zero-order valence-corrected chi connectivity index (χ0v) is 14.4. The Morgan fingerprint density at radius 2 is 1.48 bits per heavy atom. The van der Waals surface area contributed by atoms with Crippen LogP contribution in [0.15, 0.2) is 18.2 Å². The summed E-state index contributed by atoms with van der Waals surface area (Å²) in [4.78, 5) is 0. The number of para-hydroxylation sites is 1. The third-order valence-electron chi connectivity index (χ3n) is 4.03. The van der Waals surface area contributed by atoms with Gasteiger partial charge in [0, 0.05) is 13.1 Å². The highest BCUT2D eigenvalue weighted by Crippen LogP contribution is 2.31. The number of aromatic hydroxyl groups is 1. The molecule has 5 nitrogen and oxygen atoms in total. The van der Waals surface area contributed by atoms with E-state index in [9.17, 15) is 15.3 Å². The summed E-state index contributed by atoms with van der Waals surface area (Å²) in [6.07, 6.45) is 4.34. The van der Waals surface area contributed by atoms with Crippen LogP contribution in [-0.2, 0) is 0 Å². The van der Waals surface area contributed by atoms with Gasteiger partial charge in [-0.25, -0.2) is 0 Å². The molecule has 1 aromatic carbocycles. The summed E-state index contributed by atoms with van der Waals surface area (Å²) in [7, 11) is 0. The number of rotatable bonds is 12. The maximum absolute atomic E-state index is 10.0. The highest BCUT2D eigenvalue weighted by atomic mass is 16.3. The van der Waals surface area contributed by atoms with Crippen molar-refractivity contribution in [2.75, 3.05) is 23.7 Å². The number of nitrogens with one attached hydrogen (secondary N) is 2. The number of phenols is 1. The molecule has 5 N–H and O–H groups in total. The first kappa shape index (κ1) is 19.6. The zero-order valence-electron chi connectivity index (χ0n) is 14.4. The van der Waals surface area contributed by atoms with Crippen LogP contribution in [0.3, 0.4) is 0 Å². The maximum atomic E-state index is 10.0. The molecular formula is C18H32N2O3. The molecule has 2 unspecified atom stereocenters. The summed E-state index contributed by atoms with van der Waals surface area (Å²) in [5.74, 6) is 0.222. The lowest BCUT2D eigenvalue weighted by Crippen LogP contribution is -2.12. The number of hydrogen-bond acceptors (Lipinski definition) is 5. The predicted octanol–water partition coefficient (Wildman–Crippen LogP) is 3.32. The minimum absolute atomic E-state index is 0.222. The second-order valence-electron chi connectivity index (χ2n) is 5.96. The standard InChI is InChI=1S/C18H32N2O3/c1-3-14(21)8-6-12-19-16-10-5-11-17(23)18(16)20-13-7-9-15(22)4-2/h5,10-11,14-15,19-23H,3-4,6-9,12-13H2,1-2H3. The predicted molar refractivity (Wildman–Crippen MR) is 96.1 cm³/mol. The Balaban J connectivity index is 2.45. The van der Waals surface area contributed by atoms with Crippen molar-refractivity contribution in [2.24, 2.45) is 0 Å². The summed E-state index contributed by atoms with van der Waals surface area (Å²) in [5.41, 5.74) is 1.57. The Hall–Kier alpha value is -1.46. The minimum atomic E-state index is -0.247. The molecule has 132 valence electrons. The summed E-state index contributed by atoms with van der Waals surface area (Å²) >= 11 is 0. The Morgan fingerprint density at radius 3 is 2.04 bits per heavy atom. The molecule has 0 saturated carbocycles. The molecule has 5 heteroatoms. The molecule has 23 heavy (non-hydrogen) atoms. The Morgan fingerprint density at radius 1 is 0.913 bits per heavy atom. The quantitative estimate of drug-likeness (QED) is 0.301. The number of aliphatic hydroxyl groups excluding tert-OH is 2. The van der Waals surface area contributed by atoms with Crippen molar-refractivity contribution < 1.29 is 15.3 Å². The second-order valence-corrected chi connectivity index (χ2v) is 5.96. The van der Waals surface area contributed by atoms with E-state index in [1.54, 1.807) is 6.07 Å². The van der Waals surface area contributed by atoms with Crippen LogP contribution in [0, 0.1) is 0 Å². The molecule has 0 spiro atoms. The van der Waals surface area contributed by atoms with Crippen molar-refractivity contribution in [3.63, 3.8) is 0 Å². The van der Waals surface area contributed by atoms with Crippen LogP contribution in [0.25, 0.3) is 0 Å². The molecule has 1 rings (SSSR count). The van der Waals surface area contributed by atoms with E-state index in [1.807, 2.05) is 26.0 Å². The van der Waals surface area contributed by atoms with Gasteiger partial charge in [0.05, 0.1) is 17.9 Å². The molecule has 0 aliphatic heterocycles. The highest BCUT2D eigenvalue weighted by molar-refractivity contribution is 5.75. The summed E-state index contributed by atoms with van der Waals surface area (Å²) in [6.45, 7) is 5.41. The average molecular weight is 324 g/mol. The maximum Gasteiger partial charge on any atom is 0.140 e. The largest absolute Gasteiger partial charge is 0.506 e. The van der Waals surface area contributed by atoms with Crippen molar-refractivity contribution in [1.29, 1.82) is 0 Å². The monoisotopic (exact) mass is 324 g/mol. The van der Waals surface area contributed by atoms with Crippen molar-refractivity contribution in [3.8, 4) is 5.75 Å². The van der Waals surface area contributed by atoms with E-state index >= 15 is 0 Å². The fourth-order valence-electron chi connectivity index (χ4n) is 2.39. The van der Waals surface area contributed by atoms with Gasteiger partial charge in [0.15, 0.2) is 0 Å². The van der Waals surface area contributed by atoms with Gasteiger partial charge in [-0.15, -0.1) is 0 Å². The number of hydrogen-bond donors (Lipinski definition) is 5. The van der Waals surface area contributed by atoms with E-state index in [2.05, 4.69) is 10.6 Å². The van der Waals surface area contributed by atoms with Crippen LogP contribution in [0.4, 0.5) is 11.4 Å². The van der Waals surface area contributed by atoms with Crippen molar-refractivity contribution >= 4 is 11.4 Å². The summed E-state index contributed by atoms with van der Waals surface area (Å²) in [5, 5.41) is 35.7. The topological polar surface area (TPSA) is 84.8 Å². The van der Waals surface area contributed by atoms with Crippen LogP contribution in [0.1, 0.15) is 52.4 Å². The van der Waals surface area contributed by atoms with Crippen molar-refractivity contribution in [2.45, 2.75) is 64.6 Å². The number of benzene rings is 1. The third-order valence-corrected chi connectivity index (χ3v) is 4.03. The fourth-order valence-corrected chi connectivity index (χ4v) is 2.39. The molecule has 1 aromatic rings. The molecule has 2 atom stereocenters. The van der Waals surface area contributed by atoms with Gasteiger partial charge in [-0.2, -0.15) is 0 Å².